The Morgan fingerprint density at radius 3 is 2.50 bits per heavy atom. The van der Waals surface area contributed by atoms with E-state index in [4.69, 9.17) is 11.6 Å². The molecule has 0 saturated carbocycles. The molecule has 1 aromatic rings. The van der Waals surface area contributed by atoms with Crippen LogP contribution in [-0.4, -0.2) is 37.3 Å². The molecule has 124 valence electrons. The molecule has 0 aromatic heterocycles. The van der Waals surface area contributed by atoms with Gasteiger partial charge in [-0.1, -0.05) is 17.7 Å². The van der Waals surface area contributed by atoms with E-state index < -0.39 is 24.5 Å². The van der Waals surface area contributed by atoms with Gasteiger partial charge in [-0.25, -0.2) is 4.39 Å². The smallest absolute Gasteiger partial charge is 0.314 e. The molecule has 2 nitrogen and oxygen atoms in total. The number of nitrogens with one attached hydrogen (secondary N) is 1. The van der Waals surface area contributed by atoms with Gasteiger partial charge in [0.25, 0.3) is 0 Å². The van der Waals surface area contributed by atoms with Crippen LogP contribution in [0, 0.1) is 12.7 Å². The molecule has 0 bridgehead atoms. The van der Waals surface area contributed by atoms with Crippen LogP contribution in [0.1, 0.15) is 30.0 Å². The van der Waals surface area contributed by atoms with Gasteiger partial charge in [-0.3, -0.25) is 4.90 Å². The van der Waals surface area contributed by atoms with Gasteiger partial charge in [0.15, 0.2) is 0 Å². The van der Waals surface area contributed by atoms with E-state index in [0.717, 1.165) is 0 Å². The molecule has 0 radical (unpaired) electrons. The van der Waals surface area contributed by atoms with E-state index in [1.54, 1.807) is 13.0 Å². The van der Waals surface area contributed by atoms with Crippen molar-refractivity contribution >= 4 is 11.6 Å². The van der Waals surface area contributed by atoms with Crippen LogP contribution in [0.5, 0.6) is 0 Å². The Kier molecular flexibility index (Phi) is 5.69. The van der Waals surface area contributed by atoms with Crippen LogP contribution < -0.4 is 5.32 Å². The van der Waals surface area contributed by atoms with E-state index in [9.17, 15) is 17.6 Å². The number of hydrogen-bond donors (Lipinski definition) is 1. The minimum absolute atomic E-state index is 0.188. The van der Waals surface area contributed by atoms with Crippen LogP contribution in [0.15, 0.2) is 12.1 Å². The highest BCUT2D eigenvalue weighted by molar-refractivity contribution is 6.32. The van der Waals surface area contributed by atoms with Gasteiger partial charge in [0.05, 0.1) is 5.02 Å². The number of alkyl halides is 3. The fourth-order valence-corrected chi connectivity index (χ4v) is 3.07. The predicted molar refractivity (Wildman–Crippen MR) is 78.6 cm³/mol. The molecule has 1 N–H and O–H groups in total. The molecule has 0 aliphatic carbocycles. The number of piperazine rings is 1. The van der Waals surface area contributed by atoms with Gasteiger partial charge in [-0.2, -0.15) is 13.2 Å². The first-order valence-electron chi connectivity index (χ1n) is 7.25. The summed E-state index contributed by atoms with van der Waals surface area (Å²) in [4.78, 5) is 1.88. The fourth-order valence-electron chi connectivity index (χ4n) is 2.79. The first-order chi connectivity index (χ1) is 10.3. The zero-order valence-corrected chi connectivity index (χ0v) is 13.1. The Morgan fingerprint density at radius 2 is 1.91 bits per heavy atom. The molecule has 0 unspecified atom stereocenters. The lowest BCUT2D eigenvalue weighted by atomic mass is 9.97. The lowest BCUT2D eigenvalue weighted by Gasteiger charge is -2.36. The van der Waals surface area contributed by atoms with E-state index in [1.807, 2.05) is 4.90 Å². The molecule has 22 heavy (non-hydrogen) atoms. The molecule has 7 heteroatoms. The molecule has 1 heterocycles. The van der Waals surface area contributed by atoms with Gasteiger partial charge in [-0.15, -0.1) is 0 Å². The topological polar surface area (TPSA) is 15.3 Å². The summed E-state index contributed by atoms with van der Waals surface area (Å²) in [6.45, 7) is 4.23. The van der Waals surface area contributed by atoms with Crippen molar-refractivity contribution in [1.29, 1.82) is 0 Å². The summed E-state index contributed by atoms with van der Waals surface area (Å²) < 4.78 is 52.1. The lowest BCUT2D eigenvalue weighted by Crippen LogP contribution is -2.45. The summed E-state index contributed by atoms with van der Waals surface area (Å²) >= 11 is 6.20. The van der Waals surface area contributed by atoms with Crippen molar-refractivity contribution in [2.24, 2.45) is 0 Å². The maximum atomic E-state index is 14.2. The molecule has 1 aromatic carbocycles. The van der Waals surface area contributed by atoms with Crippen LogP contribution in [0.4, 0.5) is 17.6 Å². The number of halogens is 5. The summed E-state index contributed by atoms with van der Waals surface area (Å²) in [5.41, 5.74) is 0.859. The Bertz CT molecular complexity index is 513. The monoisotopic (exact) mass is 338 g/mol. The van der Waals surface area contributed by atoms with Crippen molar-refractivity contribution in [1.82, 2.24) is 10.2 Å². The third-order valence-electron chi connectivity index (χ3n) is 3.95. The van der Waals surface area contributed by atoms with Crippen molar-refractivity contribution in [2.45, 2.75) is 32.0 Å². The Hall–Kier alpha value is -0.850. The van der Waals surface area contributed by atoms with Crippen molar-refractivity contribution in [3.8, 4) is 0 Å². The number of aryl methyl sites for hydroxylation is 1. The maximum absolute atomic E-state index is 14.2. The summed E-state index contributed by atoms with van der Waals surface area (Å²) in [6.07, 6.45) is -5.41. The summed E-state index contributed by atoms with van der Waals surface area (Å²) in [5, 5.41) is 3.37. The average molecular weight is 339 g/mol. The fraction of sp³-hybridized carbons (Fsp3) is 0.600. The minimum Gasteiger partial charge on any atom is -0.314 e. The van der Waals surface area contributed by atoms with Crippen molar-refractivity contribution < 1.29 is 17.6 Å². The maximum Gasteiger partial charge on any atom is 0.389 e. The highest BCUT2D eigenvalue weighted by atomic mass is 35.5. The highest BCUT2D eigenvalue weighted by Crippen LogP contribution is 2.37. The van der Waals surface area contributed by atoms with Crippen LogP contribution in [0.2, 0.25) is 5.02 Å². The van der Waals surface area contributed by atoms with E-state index in [1.165, 1.54) is 6.07 Å². The van der Waals surface area contributed by atoms with Crippen molar-refractivity contribution in [2.75, 3.05) is 26.2 Å². The second-order valence-electron chi connectivity index (χ2n) is 5.55. The zero-order chi connectivity index (χ0) is 16.3. The first-order valence-corrected chi connectivity index (χ1v) is 7.63. The lowest BCUT2D eigenvalue weighted by molar-refractivity contribution is -0.138. The Labute approximate surface area is 132 Å². The molecule has 1 atom stereocenters. The van der Waals surface area contributed by atoms with Crippen LogP contribution >= 0.6 is 11.6 Å². The molecular weight excluding hydrogens is 320 g/mol. The molecule has 2 rings (SSSR count). The van der Waals surface area contributed by atoms with Gasteiger partial charge >= 0.3 is 6.18 Å². The van der Waals surface area contributed by atoms with Gasteiger partial charge < -0.3 is 5.32 Å². The molecule has 1 fully saturated rings. The van der Waals surface area contributed by atoms with E-state index >= 15 is 0 Å². The average Bonchev–Trinajstić information content (AvgIpc) is 2.46. The molecular formula is C15H19ClF4N2. The first kappa shape index (κ1) is 17.5. The molecule has 0 amide bonds. The van der Waals surface area contributed by atoms with E-state index in [2.05, 4.69) is 5.32 Å². The quantitative estimate of drug-likeness (QED) is 0.832. The number of rotatable bonds is 4. The normalized spacial score (nSPS) is 18.5. The third-order valence-corrected chi connectivity index (χ3v) is 4.45. The van der Waals surface area contributed by atoms with E-state index in [-0.39, 0.29) is 17.0 Å². The van der Waals surface area contributed by atoms with E-state index in [0.29, 0.717) is 31.7 Å². The largest absolute Gasteiger partial charge is 0.389 e. The SMILES string of the molecule is Cc1ccc(F)c([C@@H](CCC(F)(F)F)N2CCNCC2)c1Cl. The summed E-state index contributed by atoms with van der Waals surface area (Å²) in [5.74, 6) is -0.540. The third kappa shape index (κ3) is 4.33. The predicted octanol–water partition coefficient (Wildman–Crippen LogP) is 4.08. The number of hydrogen-bond acceptors (Lipinski definition) is 2. The van der Waals surface area contributed by atoms with Gasteiger partial charge in [-0.05, 0) is 25.0 Å². The molecule has 0 spiro atoms. The molecule has 1 saturated heterocycles. The second-order valence-corrected chi connectivity index (χ2v) is 5.93. The van der Waals surface area contributed by atoms with Crippen LogP contribution in [-0.2, 0) is 0 Å². The van der Waals surface area contributed by atoms with Crippen LogP contribution in [0.25, 0.3) is 0 Å². The Morgan fingerprint density at radius 1 is 1.27 bits per heavy atom. The van der Waals surface area contributed by atoms with Gasteiger partial charge in [0.1, 0.15) is 5.82 Å². The standard InChI is InChI=1S/C15H19ClF4N2/c1-10-2-3-11(17)13(14(10)16)12(4-5-15(18,19)20)22-8-6-21-7-9-22/h2-3,12,21H,4-9H2,1H3/t12-/m1/s1. The zero-order valence-electron chi connectivity index (χ0n) is 12.3. The number of benzene rings is 1. The summed E-state index contributed by atoms with van der Waals surface area (Å²) in [6, 6.07) is 2.16. The molecule has 1 aliphatic heterocycles. The van der Waals surface area contributed by atoms with Crippen LogP contribution in [0.3, 0.4) is 0 Å². The van der Waals surface area contributed by atoms with Gasteiger partial charge in [0, 0.05) is 44.2 Å². The molecule has 1 aliphatic rings. The summed E-state index contributed by atoms with van der Waals surface area (Å²) in [7, 11) is 0. The number of nitrogens with zero attached hydrogens (tertiary/aromatic N) is 1. The van der Waals surface area contributed by atoms with Crippen molar-refractivity contribution in [3.63, 3.8) is 0 Å². The minimum atomic E-state index is -4.26. The van der Waals surface area contributed by atoms with Crippen molar-refractivity contribution in [3.05, 3.63) is 34.1 Å². The Balaban J connectivity index is 2.32. The highest BCUT2D eigenvalue weighted by Gasteiger charge is 2.33. The second kappa shape index (κ2) is 7.15. The van der Waals surface area contributed by atoms with Gasteiger partial charge in [0.2, 0.25) is 0 Å².